The monoisotopic (exact) mass is 242 g/mol. The van der Waals surface area contributed by atoms with Crippen LogP contribution in [0.15, 0.2) is 12.3 Å². The minimum atomic E-state index is 0. The van der Waals surface area contributed by atoms with Crippen LogP contribution in [-0.4, -0.2) is 40.3 Å². The third-order valence-electron chi connectivity index (χ3n) is 3.49. The number of likely N-dealkylation sites (tertiary alicyclic amines) is 1. The molecule has 3 rings (SSSR count). The van der Waals surface area contributed by atoms with E-state index in [0.29, 0.717) is 0 Å². The summed E-state index contributed by atoms with van der Waals surface area (Å²) in [6.45, 7) is 3.40. The smallest absolute Gasteiger partial charge is 0.0492 e. The number of nitrogens with zero attached hydrogens (tertiary/aromatic N) is 2. The number of piperazine rings is 1. The number of hydrogen-bond donors (Lipinski definition) is 2. The first-order valence-corrected chi connectivity index (χ1v) is 5.87. The van der Waals surface area contributed by atoms with Gasteiger partial charge in [0.1, 0.15) is 0 Å². The first-order valence-electron chi connectivity index (χ1n) is 5.87. The molecule has 0 radical (unpaired) electrons. The Balaban J connectivity index is 0.000000963. The molecule has 1 aromatic rings. The first-order chi connectivity index (χ1) is 7.40. The van der Waals surface area contributed by atoms with Gasteiger partial charge in [-0.2, -0.15) is 5.10 Å². The number of fused-ring (bicyclic) bond motifs is 2. The number of nitrogens with one attached hydrogen (secondary N) is 2. The zero-order valence-electron chi connectivity index (χ0n) is 9.35. The van der Waals surface area contributed by atoms with Crippen LogP contribution in [0, 0.1) is 0 Å². The van der Waals surface area contributed by atoms with E-state index in [4.69, 9.17) is 0 Å². The summed E-state index contributed by atoms with van der Waals surface area (Å²) in [7, 11) is 0. The molecular formula is C11H19ClN4. The Morgan fingerprint density at radius 3 is 2.69 bits per heavy atom. The molecule has 2 unspecified atom stereocenters. The quantitative estimate of drug-likeness (QED) is 0.818. The van der Waals surface area contributed by atoms with E-state index in [0.717, 1.165) is 18.6 Å². The summed E-state index contributed by atoms with van der Waals surface area (Å²) in [4.78, 5) is 2.54. The molecule has 2 aliphatic heterocycles. The first kappa shape index (κ1) is 11.9. The van der Waals surface area contributed by atoms with Crippen molar-refractivity contribution in [3.8, 4) is 0 Å². The second-order valence-corrected chi connectivity index (χ2v) is 4.77. The maximum absolute atomic E-state index is 3.99. The van der Waals surface area contributed by atoms with Crippen LogP contribution in [-0.2, 0) is 6.54 Å². The summed E-state index contributed by atoms with van der Waals surface area (Å²) < 4.78 is 0. The van der Waals surface area contributed by atoms with E-state index in [1.165, 1.54) is 38.0 Å². The molecule has 1 aromatic heterocycles. The molecule has 2 atom stereocenters. The zero-order valence-corrected chi connectivity index (χ0v) is 10.2. The third kappa shape index (κ3) is 2.56. The molecule has 0 spiro atoms. The fourth-order valence-electron chi connectivity index (χ4n) is 2.84. The van der Waals surface area contributed by atoms with Crippen LogP contribution in [0.4, 0.5) is 0 Å². The van der Waals surface area contributed by atoms with Crippen LogP contribution in [0.5, 0.6) is 0 Å². The van der Waals surface area contributed by atoms with Crippen LogP contribution in [0.2, 0.25) is 0 Å². The lowest BCUT2D eigenvalue weighted by molar-refractivity contribution is 0.118. The SMILES string of the molecule is Cl.c1cc(CN2CC3CCCC(C2)N3)[nH]n1. The molecule has 4 nitrogen and oxygen atoms in total. The lowest BCUT2D eigenvalue weighted by atomic mass is 9.94. The van der Waals surface area contributed by atoms with Crippen molar-refractivity contribution in [2.45, 2.75) is 37.9 Å². The Kier molecular flexibility index (Phi) is 3.84. The number of H-pyrrole nitrogens is 1. The van der Waals surface area contributed by atoms with Crippen molar-refractivity contribution in [2.24, 2.45) is 0 Å². The van der Waals surface area contributed by atoms with Crippen molar-refractivity contribution < 1.29 is 0 Å². The number of aromatic nitrogens is 2. The van der Waals surface area contributed by atoms with Crippen LogP contribution in [0.25, 0.3) is 0 Å². The van der Waals surface area contributed by atoms with Gasteiger partial charge in [0.2, 0.25) is 0 Å². The Labute approximate surface area is 102 Å². The van der Waals surface area contributed by atoms with E-state index in [9.17, 15) is 0 Å². The molecule has 0 saturated carbocycles. The van der Waals surface area contributed by atoms with Crippen molar-refractivity contribution in [3.63, 3.8) is 0 Å². The van der Waals surface area contributed by atoms with Crippen molar-refractivity contribution in [2.75, 3.05) is 13.1 Å². The van der Waals surface area contributed by atoms with Crippen LogP contribution >= 0.6 is 12.4 Å². The number of aromatic amines is 1. The lowest BCUT2D eigenvalue weighted by Crippen LogP contribution is -2.58. The van der Waals surface area contributed by atoms with E-state index >= 15 is 0 Å². The largest absolute Gasteiger partial charge is 0.309 e. The Bertz CT molecular complexity index is 302. The van der Waals surface area contributed by atoms with Gasteiger partial charge in [-0.15, -0.1) is 12.4 Å². The van der Waals surface area contributed by atoms with Gasteiger partial charge in [-0.25, -0.2) is 0 Å². The summed E-state index contributed by atoms with van der Waals surface area (Å²) in [5, 5.41) is 10.7. The molecule has 5 heteroatoms. The second-order valence-electron chi connectivity index (χ2n) is 4.77. The highest BCUT2D eigenvalue weighted by Crippen LogP contribution is 2.20. The fraction of sp³-hybridized carbons (Fsp3) is 0.727. The average Bonchev–Trinajstić information content (AvgIpc) is 2.70. The van der Waals surface area contributed by atoms with E-state index in [2.05, 4.69) is 26.5 Å². The van der Waals surface area contributed by atoms with E-state index in [-0.39, 0.29) is 12.4 Å². The van der Waals surface area contributed by atoms with Gasteiger partial charge in [0.25, 0.3) is 0 Å². The molecular weight excluding hydrogens is 224 g/mol. The third-order valence-corrected chi connectivity index (χ3v) is 3.49. The second kappa shape index (κ2) is 5.17. The fourth-order valence-corrected chi connectivity index (χ4v) is 2.84. The summed E-state index contributed by atoms with van der Waals surface area (Å²) in [6.07, 6.45) is 5.92. The molecule has 3 heterocycles. The number of piperidine rings is 1. The molecule has 2 saturated heterocycles. The molecule has 0 aromatic carbocycles. The normalized spacial score (nSPS) is 29.8. The molecule has 16 heavy (non-hydrogen) atoms. The summed E-state index contributed by atoms with van der Waals surface area (Å²) in [6, 6.07) is 3.51. The van der Waals surface area contributed by atoms with Crippen molar-refractivity contribution in [1.29, 1.82) is 0 Å². The Morgan fingerprint density at radius 2 is 2.06 bits per heavy atom. The predicted molar refractivity (Wildman–Crippen MR) is 65.7 cm³/mol. The van der Waals surface area contributed by atoms with Crippen LogP contribution < -0.4 is 5.32 Å². The van der Waals surface area contributed by atoms with Gasteiger partial charge >= 0.3 is 0 Å². The maximum atomic E-state index is 3.99. The molecule has 2 N–H and O–H groups in total. The summed E-state index contributed by atoms with van der Waals surface area (Å²) >= 11 is 0. The Morgan fingerprint density at radius 1 is 1.31 bits per heavy atom. The molecule has 0 amide bonds. The lowest BCUT2D eigenvalue weighted by Gasteiger charge is -2.42. The molecule has 2 bridgehead atoms. The van der Waals surface area contributed by atoms with Gasteiger partial charge in [0, 0.05) is 43.6 Å². The molecule has 90 valence electrons. The van der Waals surface area contributed by atoms with E-state index in [1.807, 2.05) is 6.20 Å². The van der Waals surface area contributed by atoms with Crippen LogP contribution in [0.1, 0.15) is 25.0 Å². The Hall–Kier alpha value is -0.580. The van der Waals surface area contributed by atoms with Gasteiger partial charge in [0.05, 0.1) is 0 Å². The standard InChI is InChI=1S/C11H18N4.ClH/c1-2-9-6-15(7-10(3-1)13-9)8-11-4-5-12-14-11;/h4-5,9-10,13H,1-3,6-8H2,(H,12,14);1H. The summed E-state index contributed by atoms with van der Waals surface area (Å²) in [5.74, 6) is 0. The molecule has 2 fully saturated rings. The zero-order chi connectivity index (χ0) is 10.1. The van der Waals surface area contributed by atoms with Crippen molar-refractivity contribution in [3.05, 3.63) is 18.0 Å². The van der Waals surface area contributed by atoms with Gasteiger partial charge in [0.15, 0.2) is 0 Å². The van der Waals surface area contributed by atoms with Crippen molar-refractivity contribution in [1.82, 2.24) is 20.4 Å². The van der Waals surface area contributed by atoms with E-state index in [1.54, 1.807) is 0 Å². The van der Waals surface area contributed by atoms with Gasteiger partial charge in [-0.3, -0.25) is 10.00 Å². The molecule has 2 aliphatic rings. The topological polar surface area (TPSA) is 44.0 Å². The average molecular weight is 243 g/mol. The summed E-state index contributed by atoms with van der Waals surface area (Å²) in [5.41, 5.74) is 1.23. The van der Waals surface area contributed by atoms with Gasteiger partial charge in [-0.1, -0.05) is 6.42 Å². The highest BCUT2D eigenvalue weighted by atomic mass is 35.5. The van der Waals surface area contributed by atoms with Crippen molar-refractivity contribution >= 4 is 12.4 Å². The van der Waals surface area contributed by atoms with E-state index < -0.39 is 0 Å². The predicted octanol–water partition coefficient (Wildman–Crippen LogP) is 1.16. The highest BCUT2D eigenvalue weighted by molar-refractivity contribution is 5.85. The number of halogens is 1. The van der Waals surface area contributed by atoms with Gasteiger partial charge < -0.3 is 5.32 Å². The minimum absolute atomic E-state index is 0. The maximum Gasteiger partial charge on any atom is 0.0492 e. The van der Waals surface area contributed by atoms with Gasteiger partial charge in [-0.05, 0) is 18.9 Å². The minimum Gasteiger partial charge on any atom is -0.309 e. The highest BCUT2D eigenvalue weighted by Gasteiger charge is 2.29. The molecule has 0 aliphatic carbocycles. The van der Waals surface area contributed by atoms with Crippen LogP contribution in [0.3, 0.4) is 0 Å². The number of hydrogen-bond acceptors (Lipinski definition) is 3. The number of rotatable bonds is 2.